The normalized spacial score (nSPS) is 10.7. The lowest BCUT2D eigenvalue weighted by atomic mass is 10.2. The maximum absolute atomic E-state index is 6.07. The van der Waals surface area contributed by atoms with Gasteiger partial charge in [0.05, 0.1) is 6.10 Å². The van der Waals surface area contributed by atoms with Crippen molar-refractivity contribution in [1.82, 2.24) is 0 Å². The fraction of sp³-hybridized carbons (Fsp3) is 0.250. The zero-order valence-electron chi connectivity index (χ0n) is 11.8. The van der Waals surface area contributed by atoms with Crippen molar-refractivity contribution in [3.05, 3.63) is 47.0 Å². The standard InChI is InChI=1S/C16H18ClNO2/c1-10(2)19-14-5-4-6-15(16(14)18)20-12-7-8-13(17)11(3)9-12/h4-10H,18H2,1-3H3. The average molecular weight is 292 g/mol. The summed E-state index contributed by atoms with van der Waals surface area (Å²) in [5, 5.41) is 0.710. The molecular weight excluding hydrogens is 274 g/mol. The fourth-order valence-electron chi connectivity index (χ4n) is 1.78. The Balaban J connectivity index is 2.27. The van der Waals surface area contributed by atoms with Crippen molar-refractivity contribution in [3.63, 3.8) is 0 Å². The minimum absolute atomic E-state index is 0.0605. The summed E-state index contributed by atoms with van der Waals surface area (Å²) in [6.07, 6.45) is 0.0605. The van der Waals surface area contributed by atoms with Gasteiger partial charge in [0.15, 0.2) is 5.75 Å². The average Bonchev–Trinajstić information content (AvgIpc) is 2.38. The number of rotatable bonds is 4. The molecule has 0 radical (unpaired) electrons. The summed E-state index contributed by atoms with van der Waals surface area (Å²) in [6.45, 7) is 5.84. The minimum atomic E-state index is 0.0605. The third-order valence-corrected chi connectivity index (χ3v) is 3.17. The number of benzene rings is 2. The van der Waals surface area contributed by atoms with E-state index in [-0.39, 0.29) is 6.10 Å². The Hall–Kier alpha value is -1.87. The zero-order chi connectivity index (χ0) is 14.7. The smallest absolute Gasteiger partial charge is 0.154 e. The van der Waals surface area contributed by atoms with Gasteiger partial charge in [0, 0.05) is 5.02 Å². The second-order valence-electron chi connectivity index (χ2n) is 4.85. The maximum Gasteiger partial charge on any atom is 0.154 e. The van der Waals surface area contributed by atoms with E-state index in [2.05, 4.69) is 0 Å². The maximum atomic E-state index is 6.07. The molecule has 0 atom stereocenters. The molecule has 0 saturated carbocycles. The minimum Gasteiger partial charge on any atom is -0.489 e. The summed E-state index contributed by atoms with van der Waals surface area (Å²) < 4.78 is 11.4. The van der Waals surface area contributed by atoms with Gasteiger partial charge in [0.2, 0.25) is 0 Å². The number of ether oxygens (including phenoxy) is 2. The molecule has 0 heterocycles. The predicted molar refractivity (Wildman–Crippen MR) is 82.9 cm³/mol. The van der Waals surface area contributed by atoms with Crippen LogP contribution in [-0.4, -0.2) is 6.10 Å². The van der Waals surface area contributed by atoms with Crippen LogP contribution in [0.1, 0.15) is 19.4 Å². The van der Waals surface area contributed by atoms with Crippen molar-refractivity contribution < 1.29 is 9.47 Å². The van der Waals surface area contributed by atoms with E-state index in [0.717, 1.165) is 5.56 Å². The van der Waals surface area contributed by atoms with Crippen LogP contribution in [0.2, 0.25) is 5.02 Å². The van der Waals surface area contributed by atoms with E-state index in [1.165, 1.54) is 0 Å². The highest BCUT2D eigenvalue weighted by atomic mass is 35.5. The van der Waals surface area contributed by atoms with Gasteiger partial charge < -0.3 is 15.2 Å². The van der Waals surface area contributed by atoms with Gasteiger partial charge in [-0.25, -0.2) is 0 Å². The summed E-state index contributed by atoms with van der Waals surface area (Å²) in [6, 6.07) is 11.0. The van der Waals surface area contributed by atoms with E-state index >= 15 is 0 Å². The molecule has 0 bridgehead atoms. The molecule has 0 unspecified atom stereocenters. The van der Waals surface area contributed by atoms with Crippen molar-refractivity contribution in [2.75, 3.05) is 5.73 Å². The molecule has 0 aliphatic carbocycles. The van der Waals surface area contributed by atoms with Crippen molar-refractivity contribution in [3.8, 4) is 17.2 Å². The third-order valence-electron chi connectivity index (χ3n) is 2.75. The fourth-order valence-corrected chi connectivity index (χ4v) is 1.89. The number of hydrogen-bond donors (Lipinski definition) is 1. The molecule has 0 saturated heterocycles. The van der Waals surface area contributed by atoms with E-state index in [9.17, 15) is 0 Å². The van der Waals surface area contributed by atoms with Gasteiger partial charge in [-0.1, -0.05) is 17.7 Å². The van der Waals surface area contributed by atoms with Crippen LogP contribution in [0, 0.1) is 6.92 Å². The molecule has 4 heteroatoms. The van der Waals surface area contributed by atoms with E-state index in [1.807, 2.05) is 51.1 Å². The number of hydrogen-bond acceptors (Lipinski definition) is 3. The summed E-state index contributed by atoms with van der Waals surface area (Å²) in [7, 11) is 0. The Bertz CT molecular complexity index is 611. The molecule has 2 aromatic rings. The monoisotopic (exact) mass is 291 g/mol. The number of aryl methyl sites for hydroxylation is 1. The largest absolute Gasteiger partial charge is 0.489 e. The zero-order valence-corrected chi connectivity index (χ0v) is 12.6. The van der Waals surface area contributed by atoms with Crippen LogP contribution in [0.3, 0.4) is 0 Å². The van der Waals surface area contributed by atoms with E-state index < -0.39 is 0 Å². The summed E-state index contributed by atoms with van der Waals surface area (Å²) in [5.74, 6) is 1.90. The molecule has 0 aliphatic heterocycles. The molecule has 3 nitrogen and oxygen atoms in total. The quantitative estimate of drug-likeness (QED) is 0.822. The highest BCUT2D eigenvalue weighted by molar-refractivity contribution is 6.31. The molecule has 0 fully saturated rings. The van der Waals surface area contributed by atoms with Crippen LogP contribution >= 0.6 is 11.6 Å². The SMILES string of the molecule is Cc1cc(Oc2cccc(OC(C)C)c2N)ccc1Cl. The number of para-hydroxylation sites is 1. The Kier molecular flexibility index (Phi) is 4.40. The van der Waals surface area contributed by atoms with E-state index in [1.54, 1.807) is 6.07 Å². The second-order valence-corrected chi connectivity index (χ2v) is 5.25. The first-order valence-corrected chi connectivity index (χ1v) is 6.84. The Morgan fingerprint density at radius 3 is 2.45 bits per heavy atom. The lowest BCUT2D eigenvalue weighted by Crippen LogP contribution is -2.07. The predicted octanol–water partition coefficient (Wildman–Crippen LogP) is 4.81. The molecule has 2 aromatic carbocycles. The third kappa shape index (κ3) is 3.36. The Morgan fingerprint density at radius 2 is 1.80 bits per heavy atom. The van der Waals surface area contributed by atoms with Crippen molar-refractivity contribution in [2.24, 2.45) is 0 Å². The molecule has 0 amide bonds. The van der Waals surface area contributed by atoms with E-state index in [0.29, 0.717) is 28.0 Å². The van der Waals surface area contributed by atoms with Gasteiger partial charge in [0.1, 0.15) is 17.2 Å². The van der Waals surface area contributed by atoms with Crippen LogP contribution in [0.15, 0.2) is 36.4 Å². The molecule has 0 aliphatic rings. The van der Waals surface area contributed by atoms with Gasteiger partial charge in [-0.05, 0) is 56.7 Å². The highest BCUT2D eigenvalue weighted by Crippen LogP contribution is 2.35. The van der Waals surface area contributed by atoms with Gasteiger partial charge in [-0.3, -0.25) is 0 Å². The van der Waals surface area contributed by atoms with Crippen molar-refractivity contribution in [1.29, 1.82) is 0 Å². The molecule has 2 rings (SSSR count). The molecule has 0 aromatic heterocycles. The number of anilines is 1. The van der Waals surface area contributed by atoms with Gasteiger partial charge in [-0.15, -0.1) is 0 Å². The lowest BCUT2D eigenvalue weighted by molar-refractivity contribution is 0.243. The molecule has 20 heavy (non-hydrogen) atoms. The highest BCUT2D eigenvalue weighted by Gasteiger charge is 2.10. The Morgan fingerprint density at radius 1 is 1.10 bits per heavy atom. The first-order valence-electron chi connectivity index (χ1n) is 6.46. The van der Waals surface area contributed by atoms with Crippen LogP contribution in [-0.2, 0) is 0 Å². The molecule has 2 N–H and O–H groups in total. The van der Waals surface area contributed by atoms with Crippen molar-refractivity contribution >= 4 is 17.3 Å². The molecule has 0 spiro atoms. The lowest BCUT2D eigenvalue weighted by Gasteiger charge is -2.15. The molecule has 106 valence electrons. The van der Waals surface area contributed by atoms with Crippen LogP contribution < -0.4 is 15.2 Å². The van der Waals surface area contributed by atoms with Gasteiger partial charge in [-0.2, -0.15) is 0 Å². The first kappa shape index (κ1) is 14.5. The second kappa shape index (κ2) is 6.06. The summed E-state index contributed by atoms with van der Waals surface area (Å²) in [5.41, 5.74) is 7.52. The Labute approximate surface area is 124 Å². The van der Waals surface area contributed by atoms with Crippen molar-refractivity contribution in [2.45, 2.75) is 26.9 Å². The molecular formula is C16H18ClNO2. The van der Waals surface area contributed by atoms with Crippen LogP contribution in [0.5, 0.6) is 17.2 Å². The number of nitrogens with two attached hydrogens (primary N) is 1. The first-order chi connectivity index (χ1) is 9.47. The van der Waals surface area contributed by atoms with Gasteiger partial charge in [0.25, 0.3) is 0 Å². The summed E-state index contributed by atoms with van der Waals surface area (Å²) >= 11 is 6.00. The number of nitrogen functional groups attached to an aromatic ring is 1. The van der Waals surface area contributed by atoms with Crippen LogP contribution in [0.4, 0.5) is 5.69 Å². The number of halogens is 1. The topological polar surface area (TPSA) is 44.5 Å². The summed E-state index contributed by atoms with van der Waals surface area (Å²) in [4.78, 5) is 0. The van der Waals surface area contributed by atoms with E-state index in [4.69, 9.17) is 26.8 Å². The van der Waals surface area contributed by atoms with Crippen LogP contribution in [0.25, 0.3) is 0 Å². The van der Waals surface area contributed by atoms with Gasteiger partial charge >= 0.3 is 0 Å².